The number of carbonyl (C=O) groups is 1. The monoisotopic (exact) mass is 384 g/mol. The number of rotatable bonds is 3. The summed E-state index contributed by atoms with van der Waals surface area (Å²) in [6.45, 7) is 2.93. The minimum absolute atomic E-state index is 0.194. The summed E-state index contributed by atoms with van der Waals surface area (Å²) < 4.78 is 25.5. The minimum Gasteiger partial charge on any atom is -0.340 e. The summed E-state index contributed by atoms with van der Waals surface area (Å²) in [5.74, 6) is -0.213. The molecule has 1 aromatic rings. The lowest BCUT2D eigenvalue weighted by atomic mass is 10.1. The predicted octanol–water partition coefficient (Wildman–Crippen LogP) is 2.59. The maximum absolute atomic E-state index is 13.4. The van der Waals surface area contributed by atoms with Crippen molar-refractivity contribution >= 4 is 27.3 Å². The molecule has 0 N–H and O–H groups in total. The molecule has 1 aromatic carbocycles. The number of benzene rings is 1. The summed E-state index contributed by atoms with van der Waals surface area (Å²) in [6.07, 6.45) is 3.23. The van der Waals surface area contributed by atoms with E-state index in [1.54, 1.807) is 17.0 Å². The molecular formula is C18H25ClN2O3S. The molecule has 1 aliphatic carbocycles. The van der Waals surface area contributed by atoms with Crippen LogP contribution in [0.15, 0.2) is 29.2 Å². The predicted molar refractivity (Wildman–Crippen MR) is 98.5 cm³/mol. The molecule has 1 aliphatic heterocycles. The lowest BCUT2D eigenvalue weighted by Crippen LogP contribution is -2.53. The molecule has 7 heteroatoms. The Morgan fingerprint density at radius 2 is 1.64 bits per heavy atom. The zero-order valence-electron chi connectivity index (χ0n) is 14.6. The molecule has 1 saturated heterocycles. The lowest BCUT2D eigenvalue weighted by Gasteiger charge is -2.33. The minimum atomic E-state index is -3.75. The molecule has 0 unspecified atom stereocenters. The smallest absolute Gasteiger partial charge is 0.244 e. The molecule has 1 heterocycles. The van der Waals surface area contributed by atoms with Crippen LogP contribution in [0.2, 0.25) is 5.02 Å². The Morgan fingerprint density at radius 1 is 1.00 bits per heavy atom. The van der Waals surface area contributed by atoms with E-state index in [1.807, 2.05) is 7.05 Å². The van der Waals surface area contributed by atoms with Crippen LogP contribution in [0.4, 0.5) is 0 Å². The van der Waals surface area contributed by atoms with E-state index in [0.29, 0.717) is 31.0 Å². The van der Waals surface area contributed by atoms with Crippen molar-refractivity contribution in [2.24, 2.45) is 0 Å². The number of likely N-dealkylation sites (N-methyl/N-ethyl adjacent to an activating group) is 1. The first-order valence-corrected chi connectivity index (χ1v) is 10.7. The van der Waals surface area contributed by atoms with Gasteiger partial charge in [0.05, 0.1) is 4.90 Å². The number of hydrogen-bond donors (Lipinski definition) is 0. The lowest BCUT2D eigenvalue weighted by molar-refractivity contribution is -0.133. The van der Waals surface area contributed by atoms with Gasteiger partial charge in [-0.15, -0.1) is 0 Å². The third kappa shape index (κ3) is 3.44. The largest absolute Gasteiger partial charge is 0.340 e. The summed E-state index contributed by atoms with van der Waals surface area (Å²) in [5, 5.41) is 0.487. The van der Waals surface area contributed by atoms with Crippen LogP contribution in [-0.4, -0.2) is 62.1 Å². The van der Waals surface area contributed by atoms with E-state index < -0.39 is 14.6 Å². The Kier molecular flexibility index (Phi) is 5.42. The van der Waals surface area contributed by atoms with Gasteiger partial charge >= 0.3 is 0 Å². The molecule has 25 heavy (non-hydrogen) atoms. The maximum Gasteiger partial charge on any atom is 0.244 e. The highest BCUT2D eigenvalue weighted by atomic mass is 35.5. The number of halogens is 1. The molecule has 5 nitrogen and oxygen atoms in total. The summed E-state index contributed by atoms with van der Waals surface area (Å²) in [6, 6.07) is 6.17. The van der Waals surface area contributed by atoms with Crippen molar-refractivity contribution in [3.63, 3.8) is 0 Å². The van der Waals surface area contributed by atoms with Crippen molar-refractivity contribution < 1.29 is 13.2 Å². The van der Waals surface area contributed by atoms with E-state index in [2.05, 4.69) is 4.90 Å². The highest BCUT2D eigenvalue weighted by molar-refractivity contribution is 7.93. The van der Waals surface area contributed by atoms with Gasteiger partial charge in [-0.1, -0.05) is 24.4 Å². The van der Waals surface area contributed by atoms with Crippen LogP contribution in [0.25, 0.3) is 0 Å². The molecule has 0 atom stereocenters. The van der Waals surface area contributed by atoms with Crippen LogP contribution >= 0.6 is 11.6 Å². The number of amides is 1. The highest BCUT2D eigenvalue weighted by Crippen LogP contribution is 2.42. The van der Waals surface area contributed by atoms with Crippen LogP contribution in [0.5, 0.6) is 0 Å². The number of sulfone groups is 1. The van der Waals surface area contributed by atoms with Crippen molar-refractivity contribution in [1.29, 1.82) is 0 Å². The highest BCUT2D eigenvalue weighted by Gasteiger charge is 2.54. The van der Waals surface area contributed by atoms with Gasteiger partial charge < -0.3 is 9.80 Å². The molecule has 0 spiro atoms. The first-order chi connectivity index (χ1) is 11.9. The standard InChI is InChI=1S/C18H25ClN2O3S/c1-20-11-4-12-21(14-13-20)17(22)18(9-2-3-10-18)25(23,24)16-7-5-15(19)6-8-16/h5-8H,2-4,9-14H2,1H3. The van der Waals surface area contributed by atoms with Gasteiger partial charge in [-0.05, 0) is 57.1 Å². The second kappa shape index (κ2) is 7.25. The van der Waals surface area contributed by atoms with Crippen LogP contribution in [0.1, 0.15) is 32.1 Å². The van der Waals surface area contributed by atoms with E-state index in [-0.39, 0.29) is 10.8 Å². The zero-order chi connectivity index (χ0) is 18.1. The maximum atomic E-state index is 13.4. The van der Waals surface area contributed by atoms with Gasteiger partial charge in [0.1, 0.15) is 0 Å². The molecular weight excluding hydrogens is 360 g/mol. The van der Waals surface area contributed by atoms with Crippen LogP contribution in [-0.2, 0) is 14.6 Å². The summed E-state index contributed by atoms with van der Waals surface area (Å²) in [5.41, 5.74) is 0. The van der Waals surface area contributed by atoms with E-state index in [0.717, 1.165) is 32.4 Å². The summed E-state index contributed by atoms with van der Waals surface area (Å²) in [4.78, 5) is 17.5. The summed E-state index contributed by atoms with van der Waals surface area (Å²) in [7, 11) is -1.72. The van der Waals surface area contributed by atoms with E-state index >= 15 is 0 Å². The van der Waals surface area contributed by atoms with Gasteiger partial charge in [-0.25, -0.2) is 8.42 Å². The van der Waals surface area contributed by atoms with Gasteiger partial charge in [0.25, 0.3) is 0 Å². The van der Waals surface area contributed by atoms with E-state index in [9.17, 15) is 13.2 Å². The SMILES string of the molecule is CN1CCCN(C(=O)C2(S(=O)(=O)c3ccc(Cl)cc3)CCCC2)CC1. The van der Waals surface area contributed by atoms with Crippen molar-refractivity contribution in [2.45, 2.75) is 41.7 Å². The fourth-order valence-electron chi connectivity index (χ4n) is 3.92. The summed E-state index contributed by atoms with van der Waals surface area (Å²) >= 11 is 5.90. The zero-order valence-corrected chi connectivity index (χ0v) is 16.2. The Hall–Kier alpha value is -1.11. The Bertz CT molecular complexity index is 727. The Balaban J connectivity index is 1.95. The molecule has 1 saturated carbocycles. The number of carbonyl (C=O) groups excluding carboxylic acids is 1. The van der Waals surface area contributed by atoms with Gasteiger partial charge in [-0.2, -0.15) is 0 Å². The molecule has 0 radical (unpaired) electrons. The molecule has 0 aromatic heterocycles. The molecule has 138 valence electrons. The normalized spacial score (nSPS) is 21.9. The molecule has 2 aliphatic rings. The third-order valence-corrected chi connectivity index (χ3v) is 8.20. The molecule has 3 rings (SSSR count). The Morgan fingerprint density at radius 3 is 2.28 bits per heavy atom. The van der Waals surface area contributed by atoms with Crippen molar-refractivity contribution in [1.82, 2.24) is 9.80 Å². The van der Waals surface area contributed by atoms with Crippen molar-refractivity contribution in [3.8, 4) is 0 Å². The molecule has 1 amide bonds. The number of hydrogen-bond acceptors (Lipinski definition) is 4. The topological polar surface area (TPSA) is 57.7 Å². The fraction of sp³-hybridized carbons (Fsp3) is 0.611. The molecule has 2 fully saturated rings. The molecule has 0 bridgehead atoms. The van der Waals surface area contributed by atoms with Crippen molar-refractivity contribution in [2.75, 3.05) is 33.2 Å². The fourth-order valence-corrected chi connectivity index (χ4v) is 6.18. The average molecular weight is 385 g/mol. The van der Waals surface area contributed by atoms with Gasteiger partial charge in [-0.3, -0.25) is 4.79 Å². The van der Waals surface area contributed by atoms with Gasteiger partial charge in [0.15, 0.2) is 14.6 Å². The van der Waals surface area contributed by atoms with Crippen LogP contribution in [0, 0.1) is 0 Å². The second-order valence-electron chi connectivity index (χ2n) is 7.11. The van der Waals surface area contributed by atoms with E-state index in [4.69, 9.17) is 11.6 Å². The van der Waals surface area contributed by atoms with Crippen molar-refractivity contribution in [3.05, 3.63) is 29.3 Å². The number of nitrogens with zero attached hydrogens (tertiary/aromatic N) is 2. The quantitative estimate of drug-likeness (QED) is 0.803. The Labute approximate surface area is 154 Å². The van der Waals surface area contributed by atoms with Gasteiger partial charge in [0.2, 0.25) is 5.91 Å². The second-order valence-corrected chi connectivity index (χ2v) is 9.80. The first kappa shape index (κ1) is 18.7. The first-order valence-electron chi connectivity index (χ1n) is 8.85. The van der Waals surface area contributed by atoms with Crippen LogP contribution < -0.4 is 0 Å². The van der Waals surface area contributed by atoms with Gasteiger partial charge in [0, 0.05) is 24.7 Å². The van der Waals surface area contributed by atoms with E-state index in [1.165, 1.54) is 12.1 Å². The van der Waals surface area contributed by atoms with Crippen LogP contribution in [0.3, 0.4) is 0 Å². The average Bonchev–Trinajstić information content (AvgIpc) is 3.00. The third-order valence-electron chi connectivity index (χ3n) is 5.45.